The average Bonchev–Trinajstić information content (AvgIpc) is 3.91. The van der Waals surface area contributed by atoms with E-state index in [-0.39, 0.29) is 24.0 Å². The first kappa shape index (κ1) is 37.2. The third-order valence-electron chi connectivity index (χ3n) is 9.57. The molecule has 0 radical (unpaired) electrons. The number of carbonyl (C=O) groups excluding carboxylic acids is 2. The molecule has 2 fully saturated rings. The lowest BCUT2D eigenvalue weighted by atomic mass is 10.1. The van der Waals surface area contributed by atoms with Gasteiger partial charge in [-0.3, -0.25) is 19.6 Å². The van der Waals surface area contributed by atoms with Gasteiger partial charge in [0.25, 0.3) is 11.8 Å². The number of nitrogens with two attached hydrogens (primary N) is 2. The van der Waals surface area contributed by atoms with E-state index in [4.69, 9.17) is 20.9 Å². The minimum atomic E-state index is -0.177. The van der Waals surface area contributed by atoms with Gasteiger partial charge in [-0.2, -0.15) is 0 Å². The van der Waals surface area contributed by atoms with Crippen molar-refractivity contribution in [3.05, 3.63) is 157 Å². The Morgan fingerprint density at radius 2 is 0.964 bits per heavy atom. The number of nitrogen functional groups attached to an aromatic ring is 2. The van der Waals surface area contributed by atoms with Crippen LogP contribution in [0.2, 0.25) is 0 Å². The highest BCUT2D eigenvalue weighted by Gasteiger charge is 2.26. The molecular weight excluding hydrogens is 705 g/mol. The normalized spacial score (nSPS) is 16.0. The summed E-state index contributed by atoms with van der Waals surface area (Å²) in [5.41, 5.74) is 17.4. The van der Waals surface area contributed by atoms with Crippen LogP contribution >= 0.6 is 0 Å². The first-order chi connectivity index (χ1) is 27.4. The van der Waals surface area contributed by atoms with Crippen molar-refractivity contribution in [2.24, 2.45) is 0 Å². The van der Waals surface area contributed by atoms with E-state index in [1.54, 1.807) is 49.1 Å². The number of benzene rings is 4. The van der Waals surface area contributed by atoms with Crippen LogP contribution in [0.15, 0.2) is 146 Å². The number of hydrogen-bond acceptors (Lipinski definition) is 10. The Kier molecular flexibility index (Phi) is 11.9. The molecule has 2 saturated heterocycles. The summed E-state index contributed by atoms with van der Waals surface area (Å²) < 4.78 is 12.0. The van der Waals surface area contributed by atoms with E-state index in [2.05, 4.69) is 30.4 Å². The molecule has 8 rings (SSSR count). The maximum atomic E-state index is 12.4. The van der Waals surface area contributed by atoms with Gasteiger partial charge in [0.1, 0.15) is 23.7 Å². The Bertz CT molecular complexity index is 2050. The van der Waals surface area contributed by atoms with Gasteiger partial charge >= 0.3 is 0 Å². The van der Waals surface area contributed by atoms with Gasteiger partial charge in [0.05, 0.1) is 48.2 Å². The molecule has 2 aliphatic rings. The number of anilines is 6. The van der Waals surface area contributed by atoms with Gasteiger partial charge in [0, 0.05) is 60.8 Å². The lowest BCUT2D eigenvalue weighted by Gasteiger charge is -2.19. The zero-order chi connectivity index (χ0) is 38.7. The maximum absolute atomic E-state index is 12.4. The number of aromatic nitrogens is 2. The van der Waals surface area contributed by atoms with Crippen molar-refractivity contribution < 1.29 is 19.1 Å². The number of ether oxygens (including phenoxy) is 2. The maximum Gasteiger partial charge on any atom is 0.255 e. The molecular formula is C44H44N8O4. The van der Waals surface area contributed by atoms with Gasteiger partial charge in [-0.05, 0) is 97.1 Å². The molecule has 6 aromatic rings. The number of hydrogen-bond donors (Lipinski definition) is 4. The predicted molar refractivity (Wildman–Crippen MR) is 221 cm³/mol. The summed E-state index contributed by atoms with van der Waals surface area (Å²) in [5.74, 6) is 1.23. The lowest BCUT2D eigenvalue weighted by Crippen LogP contribution is -2.24. The Hall–Kier alpha value is -7.08. The molecule has 2 atom stereocenters. The van der Waals surface area contributed by atoms with Gasteiger partial charge in [-0.1, -0.05) is 24.3 Å². The van der Waals surface area contributed by atoms with Crippen LogP contribution in [0, 0.1) is 0 Å². The van der Waals surface area contributed by atoms with Gasteiger partial charge in [-0.15, -0.1) is 0 Å². The number of nitrogens with one attached hydrogen (secondary N) is 2. The molecule has 0 saturated carbocycles. The lowest BCUT2D eigenvalue weighted by molar-refractivity contribution is 0.101. The molecule has 0 aliphatic carbocycles. The molecule has 0 bridgehead atoms. The Morgan fingerprint density at radius 1 is 0.554 bits per heavy atom. The first-order valence-electron chi connectivity index (χ1n) is 18.5. The summed E-state index contributed by atoms with van der Waals surface area (Å²) in [7, 11) is 0. The summed E-state index contributed by atoms with van der Waals surface area (Å²) in [4.78, 5) is 37.6. The van der Waals surface area contributed by atoms with Crippen molar-refractivity contribution in [1.82, 2.24) is 9.97 Å². The average molecular weight is 749 g/mol. The van der Waals surface area contributed by atoms with Crippen LogP contribution in [0.25, 0.3) is 0 Å². The van der Waals surface area contributed by atoms with Crippen LogP contribution in [0.4, 0.5) is 34.1 Å². The van der Waals surface area contributed by atoms with Crippen LogP contribution in [0.3, 0.4) is 0 Å². The number of amides is 2. The van der Waals surface area contributed by atoms with Crippen LogP contribution in [-0.2, 0) is 0 Å². The smallest absolute Gasteiger partial charge is 0.255 e. The van der Waals surface area contributed by atoms with E-state index in [0.29, 0.717) is 33.9 Å². The number of nitrogens with zero attached hydrogens (tertiary/aromatic N) is 4. The summed E-state index contributed by atoms with van der Waals surface area (Å²) in [6.45, 7) is 3.44. The van der Waals surface area contributed by atoms with Gasteiger partial charge < -0.3 is 41.4 Å². The van der Waals surface area contributed by atoms with E-state index in [1.807, 2.05) is 97.1 Å². The van der Waals surface area contributed by atoms with E-state index < -0.39 is 0 Å². The van der Waals surface area contributed by atoms with E-state index in [1.165, 1.54) is 0 Å². The van der Waals surface area contributed by atoms with E-state index in [0.717, 1.165) is 61.9 Å². The Balaban J connectivity index is 0.000000172. The Labute approximate surface area is 326 Å². The zero-order valence-electron chi connectivity index (χ0n) is 30.8. The third kappa shape index (κ3) is 9.71. The fourth-order valence-corrected chi connectivity index (χ4v) is 6.59. The molecule has 2 amide bonds. The van der Waals surface area contributed by atoms with E-state index in [9.17, 15) is 9.59 Å². The first-order valence-corrected chi connectivity index (χ1v) is 18.5. The van der Waals surface area contributed by atoms with Crippen molar-refractivity contribution in [3.63, 3.8) is 0 Å². The topological polar surface area (TPSA) is 161 Å². The van der Waals surface area contributed by atoms with Gasteiger partial charge in [-0.25, -0.2) is 0 Å². The number of rotatable bonds is 10. The monoisotopic (exact) mass is 748 g/mol. The summed E-state index contributed by atoms with van der Waals surface area (Å²) in [5, 5.41) is 5.69. The van der Waals surface area contributed by atoms with E-state index >= 15 is 0 Å². The van der Waals surface area contributed by atoms with Crippen LogP contribution in [0.1, 0.15) is 33.6 Å². The molecule has 12 nitrogen and oxygen atoms in total. The van der Waals surface area contributed by atoms with Crippen molar-refractivity contribution >= 4 is 45.9 Å². The molecule has 2 aromatic heterocycles. The fourth-order valence-electron chi connectivity index (χ4n) is 6.59. The molecule has 2 aliphatic heterocycles. The summed E-state index contributed by atoms with van der Waals surface area (Å²) >= 11 is 0. The summed E-state index contributed by atoms with van der Waals surface area (Å²) in [6.07, 6.45) is 9.09. The molecule has 4 aromatic carbocycles. The zero-order valence-corrected chi connectivity index (χ0v) is 30.8. The SMILES string of the molecule is Nc1ccccc1NC(=O)c1ccc(N2CC[C@@H](Oc3cccnc3)C2)cc1.Nc1ccccc1NC(=O)c1ccc(N2CC[C@H](Oc3cccnc3)C2)cc1. The highest BCUT2D eigenvalue weighted by atomic mass is 16.5. The second-order valence-electron chi connectivity index (χ2n) is 13.5. The molecule has 0 spiro atoms. The highest BCUT2D eigenvalue weighted by molar-refractivity contribution is 6.06. The molecule has 6 N–H and O–H groups in total. The number of carbonyl (C=O) groups is 2. The highest BCUT2D eigenvalue weighted by Crippen LogP contribution is 2.26. The van der Waals surface area contributed by atoms with Crippen molar-refractivity contribution in [1.29, 1.82) is 0 Å². The van der Waals surface area contributed by atoms with Gasteiger partial charge in [0.2, 0.25) is 0 Å². The van der Waals surface area contributed by atoms with Crippen molar-refractivity contribution in [2.75, 3.05) is 58.1 Å². The van der Waals surface area contributed by atoms with Gasteiger partial charge in [0.15, 0.2) is 0 Å². The molecule has 0 unspecified atom stereocenters. The largest absolute Gasteiger partial charge is 0.487 e. The third-order valence-corrected chi connectivity index (χ3v) is 9.57. The van der Waals surface area contributed by atoms with Crippen LogP contribution in [-0.4, -0.2) is 60.2 Å². The molecule has 284 valence electrons. The number of para-hydroxylation sites is 4. The second kappa shape index (κ2) is 17.8. The fraction of sp³-hybridized carbons (Fsp3) is 0.182. The van der Waals surface area contributed by atoms with Crippen LogP contribution in [0.5, 0.6) is 11.5 Å². The van der Waals surface area contributed by atoms with Crippen molar-refractivity contribution in [2.45, 2.75) is 25.0 Å². The Morgan fingerprint density at radius 3 is 1.34 bits per heavy atom. The number of pyridine rings is 2. The predicted octanol–water partition coefficient (Wildman–Crippen LogP) is 7.15. The minimum Gasteiger partial charge on any atom is -0.487 e. The minimum absolute atomic E-state index is 0.133. The molecule has 12 heteroatoms. The van der Waals surface area contributed by atoms with Crippen LogP contribution < -0.4 is 41.4 Å². The van der Waals surface area contributed by atoms with Crippen molar-refractivity contribution in [3.8, 4) is 11.5 Å². The standard InChI is InChI=1S/2C22H22N4O2/c2*23-20-5-1-2-6-21(20)25-22(27)16-7-9-17(10-8-16)26-13-11-19(15-26)28-18-4-3-12-24-14-18/h2*1-10,12,14,19H,11,13,15,23H2,(H,25,27)/t2*19-/m10/s1. The summed E-state index contributed by atoms with van der Waals surface area (Å²) in [6, 6.07) is 37.2. The molecule has 56 heavy (non-hydrogen) atoms. The molecule has 4 heterocycles. The second-order valence-corrected chi connectivity index (χ2v) is 13.5. The quantitative estimate of drug-likeness (QED) is 0.106.